The summed E-state index contributed by atoms with van der Waals surface area (Å²) in [6.45, 7) is 2.50. The maximum atomic E-state index is 11.9. The lowest BCUT2D eigenvalue weighted by Gasteiger charge is -2.19. The summed E-state index contributed by atoms with van der Waals surface area (Å²) in [6, 6.07) is -0.291. The summed E-state index contributed by atoms with van der Waals surface area (Å²) in [5.41, 5.74) is 1.05. The highest BCUT2D eigenvalue weighted by atomic mass is 32.1. The van der Waals surface area contributed by atoms with Crippen molar-refractivity contribution in [3.05, 3.63) is 11.1 Å². The number of amides is 2. The number of carbonyl (C=O) groups is 2. The first kappa shape index (κ1) is 13.8. The molecule has 2 rings (SSSR count). The van der Waals surface area contributed by atoms with Crippen LogP contribution in [0, 0.1) is 0 Å². The molecule has 7 heteroatoms. The number of hydrogen-bond donors (Lipinski definition) is 2. The number of nitrogens with one attached hydrogen (secondary N) is 1. The summed E-state index contributed by atoms with van der Waals surface area (Å²) in [5.74, 6) is -0.340. The zero-order chi connectivity index (χ0) is 13.8. The molecule has 19 heavy (non-hydrogen) atoms. The van der Waals surface area contributed by atoms with Crippen LogP contribution in [0.3, 0.4) is 0 Å². The second-order valence-electron chi connectivity index (χ2n) is 4.51. The predicted octanol–water partition coefficient (Wildman–Crippen LogP) is 2.35. The summed E-state index contributed by atoms with van der Waals surface area (Å²) in [4.78, 5) is 28.3. The minimum absolute atomic E-state index is 0.0492. The number of carboxylic acid groups (broad SMARTS) is 1. The van der Waals surface area contributed by atoms with Gasteiger partial charge in [0.1, 0.15) is 0 Å². The first-order chi connectivity index (χ1) is 9.10. The number of carboxylic acids is 1. The number of rotatable bonds is 6. The van der Waals surface area contributed by atoms with Crippen LogP contribution < -0.4 is 5.32 Å². The number of thiazole rings is 1. The van der Waals surface area contributed by atoms with Crippen LogP contribution in [-0.2, 0) is 4.79 Å². The van der Waals surface area contributed by atoms with E-state index in [2.05, 4.69) is 10.3 Å². The fraction of sp³-hybridized carbons (Fsp3) is 0.583. The Balaban J connectivity index is 1.88. The van der Waals surface area contributed by atoms with Crippen LogP contribution >= 0.6 is 11.3 Å². The lowest BCUT2D eigenvalue weighted by atomic mass is 10.3. The summed E-state index contributed by atoms with van der Waals surface area (Å²) < 4.78 is 0. The molecule has 0 radical (unpaired) electrons. The Morgan fingerprint density at radius 1 is 1.58 bits per heavy atom. The standard InChI is InChI=1S/C12H17N3O3S/c1-2-15(6-5-10(16)17)12(18)14-11-13-9(7-19-11)8-3-4-8/h7-8H,2-6H2,1H3,(H,16,17)(H,13,14,18). The van der Waals surface area contributed by atoms with Crippen molar-refractivity contribution >= 4 is 28.5 Å². The molecule has 104 valence electrons. The molecule has 1 aliphatic rings. The van der Waals surface area contributed by atoms with Crippen LogP contribution in [0.1, 0.15) is 37.8 Å². The van der Waals surface area contributed by atoms with E-state index in [-0.39, 0.29) is 19.0 Å². The third kappa shape index (κ3) is 3.92. The van der Waals surface area contributed by atoms with Gasteiger partial charge < -0.3 is 10.0 Å². The maximum absolute atomic E-state index is 11.9. The van der Waals surface area contributed by atoms with E-state index in [0.29, 0.717) is 17.6 Å². The predicted molar refractivity (Wildman–Crippen MR) is 72.6 cm³/mol. The van der Waals surface area contributed by atoms with Gasteiger partial charge in [0.15, 0.2) is 5.13 Å². The minimum atomic E-state index is -0.906. The van der Waals surface area contributed by atoms with E-state index in [1.54, 1.807) is 0 Å². The summed E-state index contributed by atoms with van der Waals surface area (Å²) in [7, 11) is 0. The first-order valence-electron chi connectivity index (χ1n) is 6.33. The van der Waals surface area contributed by atoms with Crippen molar-refractivity contribution in [2.75, 3.05) is 18.4 Å². The normalized spacial score (nSPS) is 14.2. The molecule has 2 N–H and O–H groups in total. The van der Waals surface area contributed by atoms with Gasteiger partial charge in [-0.15, -0.1) is 11.3 Å². The fourth-order valence-electron chi connectivity index (χ4n) is 1.71. The second kappa shape index (κ2) is 6.01. The van der Waals surface area contributed by atoms with E-state index >= 15 is 0 Å². The summed E-state index contributed by atoms with van der Waals surface area (Å²) in [5, 5.41) is 13.9. The lowest BCUT2D eigenvalue weighted by Crippen LogP contribution is -2.36. The molecule has 0 atom stereocenters. The Morgan fingerprint density at radius 3 is 2.89 bits per heavy atom. The molecule has 1 aliphatic carbocycles. The molecule has 1 aromatic rings. The van der Waals surface area contributed by atoms with Crippen molar-refractivity contribution in [2.45, 2.75) is 32.1 Å². The Hall–Kier alpha value is -1.63. The number of urea groups is 1. The Kier molecular flexibility index (Phi) is 4.36. The number of carbonyl (C=O) groups excluding carboxylic acids is 1. The van der Waals surface area contributed by atoms with E-state index in [1.165, 1.54) is 29.1 Å². The molecule has 2 amide bonds. The third-order valence-corrected chi connectivity index (χ3v) is 3.77. The van der Waals surface area contributed by atoms with Gasteiger partial charge in [-0.3, -0.25) is 10.1 Å². The van der Waals surface area contributed by atoms with Gasteiger partial charge in [0.25, 0.3) is 0 Å². The zero-order valence-electron chi connectivity index (χ0n) is 10.8. The second-order valence-corrected chi connectivity index (χ2v) is 5.36. The Labute approximate surface area is 115 Å². The first-order valence-corrected chi connectivity index (χ1v) is 7.21. The molecule has 0 aliphatic heterocycles. The fourth-order valence-corrected chi connectivity index (χ4v) is 2.50. The van der Waals surface area contributed by atoms with Gasteiger partial charge in [0.2, 0.25) is 0 Å². The maximum Gasteiger partial charge on any atom is 0.323 e. The highest BCUT2D eigenvalue weighted by Crippen LogP contribution is 2.40. The largest absolute Gasteiger partial charge is 0.481 e. The van der Waals surface area contributed by atoms with Crippen LogP contribution in [0.25, 0.3) is 0 Å². The van der Waals surface area contributed by atoms with Crippen LogP contribution in [0.2, 0.25) is 0 Å². The Morgan fingerprint density at radius 2 is 2.32 bits per heavy atom. The molecule has 1 heterocycles. The molecule has 6 nitrogen and oxygen atoms in total. The van der Waals surface area contributed by atoms with Gasteiger partial charge in [-0.25, -0.2) is 9.78 Å². The Bertz CT molecular complexity index is 471. The number of aliphatic carboxylic acids is 1. The van der Waals surface area contributed by atoms with Crippen LogP contribution in [-0.4, -0.2) is 40.1 Å². The van der Waals surface area contributed by atoms with Gasteiger partial charge in [-0.1, -0.05) is 0 Å². The van der Waals surface area contributed by atoms with E-state index in [1.807, 2.05) is 12.3 Å². The molecule has 1 fully saturated rings. The molecule has 1 saturated carbocycles. The van der Waals surface area contributed by atoms with Crippen molar-refractivity contribution in [1.82, 2.24) is 9.88 Å². The third-order valence-electron chi connectivity index (χ3n) is 3.00. The van der Waals surface area contributed by atoms with Crippen molar-refractivity contribution in [1.29, 1.82) is 0 Å². The summed E-state index contributed by atoms with van der Waals surface area (Å²) >= 11 is 1.41. The van der Waals surface area contributed by atoms with E-state index in [0.717, 1.165) is 5.69 Å². The molecule has 0 aromatic carbocycles. The van der Waals surface area contributed by atoms with Crippen molar-refractivity contribution < 1.29 is 14.7 Å². The van der Waals surface area contributed by atoms with Crippen molar-refractivity contribution in [3.63, 3.8) is 0 Å². The van der Waals surface area contributed by atoms with Crippen LogP contribution in [0.4, 0.5) is 9.93 Å². The van der Waals surface area contributed by atoms with Gasteiger partial charge in [0.05, 0.1) is 12.1 Å². The topological polar surface area (TPSA) is 82.5 Å². The summed E-state index contributed by atoms with van der Waals surface area (Å²) in [6.07, 6.45) is 2.31. The number of hydrogen-bond acceptors (Lipinski definition) is 4. The molecule has 0 saturated heterocycles. The van der Waals surface area contributed by atoms with Crippen LogP contribution in [0.15, 0.2) is 5.38 Å². The van der Waals surface area contributed by atoms with Crippen LogP contribution in [0.5, 0.6) is 0 Å². The molecule has 0 unspecified atom stereocenters. The lowest BCUT2D eigenvalue weighted by molar-refractivity contribution is -0.137. The van der Waals surface area contributed by atoms with Gasteiger partial charge in [-0.2, -0.15) is 0 Å². The molecule has 0 spiro atoms. The van der Waals surface area contributed by atoms with E-state index < -0.39 is 5.97 Å². The highest BCUT2D eigenvalue weighted by molar-refractivity contribution is 7.13. The molecule has 1 aromatic heterocycles. The van der Waals surface area contributed by atoms with Gasteiger partial charge in [0, 0.05) is 24.4 Å². The zero-order valence-corrected chi connectivity index (χ0v) is 11.6. The number of nitrogens with zero attached hydrogens (tertiary/aromatic N) is 2. The van der Waals surface area contributed by atoms with Crippen molar-refractivity contribution in [3.8, 4) is 0 Å². The number of aromatic nitrogens is 1. The monoisotopic (exact) mass is 283 g/mol. The quantitative estimate of drug-likeness (QED) is 0.839. The average Bonchev–Trinajstić information content (AvgIpc) is 3.11. The van der Waals surface area contributed by atoms with Crippen molar-refractivity contribution in [2.24, 2.45) is 0 Å². The molecular weight excluding hydrogens is 266 g/mol. The van der Waals surface area contributed by atoms with Gasteiger partial charge >= 0.3 is 12.0 Å². The molecular formula is C12H17N3O3S. The van der Waals surface area contributed by atoms with E-state index in [4.69, 9.17) is 5.11 Å². The van der Waals surface area contributed by atoms with E-state index in [9.17, 15) is 9.59 Å². The smallest absolute Gasteiger partial charge is 0.323 e. The average molecular weight is 283 g/mol. The molecule has 0 bridgehead atoms. The number of anilines is 1. The van der Waals surface area contributed by atoms with Gasteiger partial charge in [-0.05, 0) is 19.8 Å². The SMILES string of the molecule is CCN(CCC(=O)O)C(=O)Nc1nc(C2CC2)cs1. The highest BCUT2D eigenvalue weighted by Gasteiger charge is 2.26. The minimum Gasteiger partial charge on any atom is -0.481 e.